The first-order valence-corrected chi connectivity index (χ1v) is 12.0. The molecular formula is C25H30FN5O6. The number of halogens is 1. The maximum Gasteiger partial charge on any atom is 0.410 e. The Bertz CT molecular complexity index is 1300. The van der Waals surface area contributed by atoms with Crippen molar-refractivity contribution < 1.29 is 33.3 Å². The van der Waals surface area contributed by atoms with Gasteiger partial charge in [0.25, 0.3) is 0 Å². The lowest BCUT2D eigenvalue weighted by Crippen LogP contribution is -2.35. The molecule has 4 rings (SSSR count). The minimum atomic E-state index is -1.19. The Morgan fingerprint density at radius 2 is 2.00 bits per heavy atom. The molecule has 1 saturated heterocycles. The second-order valence-electron chi connectivity index (χ2n) is 9.75. The molecule has 37 heavy (non-hydrogen) atoms. The molecule has 1 aliphatic heterocycles. The molecule has 1 N–H and O–H groups in total. The van der Waals surface area contributed by atoms with Crippen molar-refractivity contribution in [2.75, 3.05) is 26.3 Å². The Morgan fingerprint density at radius 3 is 2.70 bits per heavy atom. The highest BCUT2D eigenvalue weighted by molar-refractivity contribution is 5.82. The van der Waals surface area contributed by atoms with E-state index >= 15 is 0 Å². The maximum absolute atomic E-state index is 13.9. The molecule has 0 bridgehead atoms. The Hall–Kier alpha value is -3.96. The van der Waals surface area contributed by atoms with Crippen LogP contribution in [0.15, 0.2) is 24.4 Å². The molecule has 11 nitrogen and oxygen atoms in total. The second-order valence-corrected chi connectivity index (χ2v) is 9.75. The number of ether oxygens (including phenoxy) is 3. The van der Waals surface area contributed by atoms with E-state index in [0.717, 1.165) is 12.5 Å². The largest absolute Gasteiger partial charge is 0.480 e. The molecule has 0 aliphatic carbocycles. The smallest absolute Gasteiger partial charge is 0.410 e. The van der Waals surface area contributed by atoms with Crippen molar-refractivity contribution in [1.82, 2.24) is 24.6 Å². The summed E-state index contributed by atoms with van der Waals surface area (Å²) in [7, 11) is 0. The van der Waals surface area contributed by atoms with E-state index in [1.165, 1.54) is 23.0 Å². The number of nitrogens with zero attached hydrogens (tertiary/aromatic N) is 5. The fourth-order valence-corrected chi connectivity index (χ4v) is 4.11. The first kappa shape index (κ1) is 26.1. The van der Waals surface area contributed by atoms with E-state index < -0.39 is 24.0 Å². The van der Waals surface area contributed by atoms with Gasteiger partial charge >= 0.3 is 12.1 Å². The van der Waals surface area contributed by atoms with Crippen molar-refractivity contribution in [3.63, 3.8) is 0 Å². The summed E-state index contributed by atoms with van der Waals surface area (Å²) in [5.74, 6) is -0.789. The van der Waals surface area contributed by atoms with Crippen molar-refractivity contribution in [3.8, 4) is 17.3 Å². The van der Waals surface area contributed by atoms with E-state index in [1.54, 1.807) is 4.90 Å². The maximum atomic E-state index is 13.9. The minimum Gasteiger partial charge on any atom is -0.480 e. The lowest BCUT2D eigenvalue weighted by molar-refractivity contribution is -0.139. The zero-order valence-electron chi connectivity index (χ0n) is 21.2. The van der Waals surface area contributed by atoms with Gasteiger partial charge < -0.3 is 24.2 Å². The number of carbonyl (C=O) groups is 2. The fraction of sp³-hybridized carbons (Fsp3) is 0.480. The summed E-state index contributed by atoms with van der Waals surface area (Å²) in [5, 5.41) is 13.9. The van der Waals surface area contributed by atoms with Crippen LogP contribution >= 0.6 is 0 Å². The van der Waals surface area contributed by atoms with E-state index in [-0.39, 0.29) is 17.8 Å². The van der Waals surface area contributed by atoms with Gasteiger partial charge in [-0.15, -0.1) is 0 Å². The van der Waals surface area contributed by atoms with Crippen LogP contribution in [-0.4, -0.2) is 73.7 Å². The van der Waals surface area contributed by atoms with Gasteiger partial charge in [-0.3, -0.25) is 0 Å². The van der Waals surface area contributed by atoms with Crippen molar-refractivity contribution in [2.24, 2.45) is 5.92 Å². The third kappa shape index (κ3) is 6.25. The van der Waals surface area contributed by atoms with Crippen molar-refractivity contribution in [1.29, 1.82) is 0 Å². The number of amides is 1. The number of carboxylic acid groups (broad SMARTS) is 1. The van der Waals surface area contributed by atoms with Crippen LogP contribution < -0.4 is 9.47 Å². The average Bonchev–Trinajstić information content (AvgIpc) is 3.44. The molecule has 2 aromatic heterocycles. The van der Waals surface area contributed by atoms with Gasteiger partial charge in [-0.1, -0.05) is 0 Å². The van der Waals surface area contributed by atoms with Gasteiger partial charge in [0.2, 0.25) is 5.88 Å². The van der Waals surface area contributed by atoms with Crippen LogP contribution in [0.1, 0.15) is 39.9 Å². The first-order chi connectivity index (χ1) is 17.5. The lowest BCUT2D eigenvalue weighted by atomic mass is 10.0. The van der Waals surface area contributed by atoms with E-state index in [0.29, 0.717) is 54.5 Å². The van der Waals surface area contributed by atoms with Gasteiger partial charge in [-0.2, -0.15) is 10.1 Å². The molecule has 0 saturated carbocycles. The number of aromatic nitrogens is 4. The standard InChI is InChI=1S/C25H30FN5O6/c1-5-35-23-17-12-27-31(18-7-6-16(26)11-19(18)36-14-21(32)33)22(17)28-20(29-23)10-15-8-9-30(13-15)24(34)37-25(2,3)4/h6-7,11-12,15H,5,8-10,13-14H2,1-4H3,(H,32,33)/t15-/m0/s1. The minimum absolute atomic E-state index is 0.00863. The molecule has 0 unspecified atom stereocenters. The molecule has 1 amide bonds. The monoisotopic (exact) mass is 515 g/mol. The van der Waals surface area contributed by atoms with Gasteiger partial charge in [-0.05, 0) is 52.2 Å². The van der Waals surface area contributed by atoms with Gasteiger partial charge in [-0.25, -0.2) is 23.6 Å². The Labute approximate surface area is 213 Å². The SMILES string of the molecule is CCOc1nc(C[C@@H]2CCN(C(=O)OC(C)(C)C)C2)nc2c1cnn2-c1ccc(F)cc1OCC(=O)O. The van der Waals surface area contributed by atoms with Crippen LogP contribution in [-0.2, 0) is 16.0 Å². The van der Waals surface area contributed by atoms with Gasteiger partial charge in [0, 0.05) is 25.6 Å². The normalized spacial score (nSPS) is 15.7. The summed E-state index contributed by atoms with van der Waals surface area (Å²) in [6, 6.07) is 3.77. The third-order valence-corrected chi connectivity index (χ3v) is 5.63. The number of likely N-dealkylation sites (tertiary alicyclic amines) is 1. The Kier molecular flexibility index (Phi) is 7.46. The van der Waals surface area contributed by atoms with Crippen LogP contribution in [0.3, 0.4) is 0 Å². The number of carbonyl (C=O) groups excluding carboxylic acids is 1. The molecule has 0 radical (unpaired) electrons. The van der Waals surface area contributed by atoms with Gasteiger partial charge in [0.15, 0.2) is 12.3 Å². The summed E-state index contributed by atoms with van der Waals surface area (Å²) in [5.41, 5.74) is 0.158. The quantitative estimate of drug-likeness (QED) is 0.478. The van der Waals surface area contributed by atoms with Crippen LogP contribution in [0.25, 0.3) is 16.7 Å². The van der Waals surface area contributed by atoms with Crippen molar-refractivity contribution in [3.05, 3.63) is 36.0 Å². The highest BCUT2D eigenvalue weighted by Crippen LogP contribution is 2.31. The summed E-state index contributed by atoms with van der Waals surface area (Å²) in [4.78, 5) is 34.5. The lowest BCUT2D eigenvalue weighted by Gasteiger charge is -2.24. The predicted molar refractivity (Wildman–Crippen MR) is 131 cm³/mol. The fourth-order valence-electron chi connectivity index (χ4n) is 4.11. The molecule has 1 atom stereocenters. The number of benzene rings is 1. The van der Waals surface area contributed by atoms with Crippen LogP contribution in [0.5, 0.6) is 11.6 Å². The summed E-state index contributed by atoms with van der Waals surface area (Å²) >= 11 is 0. The van der Waals surface area contributed by atoms with Crippen LogP contribution in [0.4, 0.5) is 9.18 Å². The van der Waals surface area contributed by atoms with E-state index in [1.807, 2.05) is 27.7 Å². The van der Waals surface area contributed by atoms with E-state index in [9.17, 15) is 14.0 Å². The van der Waals surface area contributed by atoms with Crippen molar-refractivity contribution in [2.45, 2.75) is 46.1 Å². The number of hydrogen-bond donors (Lipinski definition) is 1. The van der Waals surface area contributed by atoms with Gasteiger partial charge in [0.05, 0.1) is 12.8 Å². The highest BCUT2D eigenvalue weighted by atomic mass is 19.1. The zero-order valence-corrected chi connectivity index (χ0v) is 21.2. The average molecular weight is 516 g/mol. The highest BCUT2D eigenvalue weighted by Gasteiger charge is 2.31. The van der Waals surface area contributed by atoms with Crippen LogP contribution in [0.2, 0.25) is 0 Å². The number of carboxylic acids is 1. The van der Waals surface area contributed by atoms with Gasteiger partial charge in [0.1, 0.15) is 34.1 Å². The molecule has 0 spiro atoms. The first-order valence-electron chi connectivity index (χ1n) is 12.0. The summed E-state index contributed by atoms with van der Waals surface area (Å²) in [6.45, 7) is 8.16. The Morgan fingerprint density at radius 1 is 1.22 bits per heavy atom. The number of fused-ring (bicyclic) bond motifs is 1. The second kappa shape index (κ2) is 10.6. The predicted octanol–water partition coefficient (Wildman–Crippen LogP) is 3.62. The summed E-state index contributed by atoms with van der Waals surface area (Å²) < 4.78 is 31.9. The molecule has 1 aromatic carbocycles. The third-order valence-electron chi connectivity index (χ3n) is 5.63. The molecular weight excluding hydrogens is 485 g/mol. The molecule has 198 valence electrons. The molecule has 12 heteroatoms. The molecule has 1 aliphatic rings. The molecule has 1 fully saturated rings. The number of rotatable bonds is 8. The van der Waals surface area contributed by atoms with Crippen molar-refractivity contribution >= 4 is 23.1 Å². The Balaban J connectivity index is 1.64. The topological polar surface area (TPSA) is 129 Å². The van der Waals surface area contributed by atoms with Crippen LogP contribution in [0, 0.1) is 11.7 Å². The molecule has 3 heterocycles. The number of hydrogen-bond acceptors (Lipinski definition) is 8. The zero-order chi connectivity index (χ0) is 26.7. The van der Waals surface area contributed by atoms with E-state index in [2.05, 4.69) is 10.1 Å². The van der Waals surface area contributed by atoms with E-state index in [4.69, 9.17) is 24.3 Å². The molecule has 3 aromatic rings. The number of aliphatic carboxylic acids is 1. The summed E-state index contributed by atoms with van der Waals surface area (Å²) in [6.07, 6.45) is 2.46.